The summed E-state index contributed by atoms with van der Waals surface area (Å²) in [7, 11) is 0. The predicted molar refractivity (Wildman–Crippen MR) is 80.6 cm³/mol. The van der Waals surface area contributed by atoms with Crippen molar-refractivity contribution in [3.8, 4) is 11.8 Å². The Bertz CT molecular complexity index is 572. The number of thiophene rings is 1. The molecule has 0 bridgehead atoms. The van der Waals surface area contributed by atoms with E-state index in [2.05, 4.69) is 36.1 Å². The molecule has 96 valence electrons. The third-order valence-corrected chi connectivity index (χ3v) is 3.74. The maximum Gasteiger partial charge on any atom is 0.160 e. The Morgan fingerprint density at radius 2 is 1.89 bits per heavy atom. The Morgan fingerprint density at radius 1 is 1.05 bits per heavy atom. The summed E-state index contributed by atoms with van der Waals surface area (Å²) >= 11 is 1.45. The van der Waals surface area contributed by atoms with Crippen LogP contribution in [0.2, 0.25) is 0 Å². The van der Waals surface area contributed by atoms with E-state index in [-0.39, 0.29) is 0 Å². The average Bonchev–Trinajstić information content (AvgIpc) is 2.92. The van der Waals surface area contributed by atoms with Crippen molar-refractivity contribution in [2.45, 2.75) is 25.7 Å². The van der Waals surface area contributed by atoms with Crippen LogP contribution in [0.4, 0.5) is 0 Å². The maximum absolute atomic E-state index is 10.5. The van der Waals surface area contributed by atoms with Crippen molar-refractivity contribution in [1.29, 1.82) is 0 Å². The summed E-state index contributed by atoms with van der Waals surface area (Å²) in [5.74, 6) is 6.28. The van der Waals surface area contributed by atoms with Crippen molar-refractivity contribution in [1.82, 2.24) is 0 Å². The van der Waals surface area contributed by atoms with E-state index < -0.39 is 0 Å². The molecule has 2 heteroatoms. The van der Waals surface area contributed by atoms with E-state index in [4.69, 9.17) is 0 Å². The van der Waals surface area contributed by atoms with Gasteiger partial charge in [0.1, 0.15) is 0 Å². The molecule has 0 aliphatic heterocycles. The molecule has 2 rings (SSSR count). The number of benzene rings is 1. The Balaban J connectivity index is 1.68. The van der Waals surface area contributed by atoms with Gasteiger partial charge in [-0.3, -0.25) is 4.79 Å². The summed E-state index contributed by atoms with van der Waals surface area (Å²) in [6.45, 7) is 0. The van der Waals surface area contributed by atoms with E-state index in [1.54, 1.807) is 0 Å². The van der Waals surface area contributed by atoms with Crippen molar-refractivity contribution >= 4 is 17.6 Å². The van der Waals surface area contributed by atoms with Gasteiger partial charge in [-0.05, 0) is 37.0 Å². The monoisotopic (exact) mass is 268 g/mol. The van der Waals surface area contributed by atoms with Crippen molar-refractivity contribution < 1.29 is 4.79 Å². The Hall–Kier alpha value is -1.85. The molecule has 0 aliphatic rings. The highest BCUT2D eigenvalue weighted by molar-refractivity contribution is 7.14. The fourth-order valence-electron chi connectivity index (χ4n) is 1.82. The van der Waals surface area contributed by atoms with Gasteiger partial charge in [0.15, 0.2) is 6.29 Å². The van der Waals surface area contributed by atoms with Gasteiger partial charge in [0.2, 0.25) is 0 Å². The molecule has 0 radical (unpaired) electrons. The number of aryl methyl sites for hydroxylation is 1. The van der Waals surface area contributed by atoms with E-state index in [1.165, 1.54) is 23.3 Å². The molecule has 0 unspecified atom stereocenters. The van der Waals surface area contributed by atoms with Gasteiger partial charge in [-0.15, -0.1) is 11.3 Å². The van der Waals surface area contributed by atoms with Crippen molar-refractivity contribution in [2.75, 3.05) is 0 Å². The molecule has 2 aromatic rings. The van der Waals surface area contributed by atoms with Gasteiger partial charge >= 0.3 is 0 Å². The number of aldehydes is 1. The SMILES string of the molecule is O=Cc1ccc(C#CCCCCc2ccccc2)s1. The van der Waals surface area contributed by atoms with E-state index >= 15 is 0 Å². The van der Waals surface area contributed by atoms with Crippen molar-refractivity contribution in [3.63, 3.8) is 0 Å². The average molecular weight is 268 g/mol. The van der Waals surface area contributed by atoms with Gasteiger partial charge in [0.25, 0.3) is 0 Å². The number of hydrogen-bond donors (Lipinski definition) is 0. The van der Waals surface area contributed by atoms with Crippen molar-refractivity contribution in [2.24, 2.45) is 0 Å². The topological polar surface area (TPSA) is 17.1 Å². The number of rotatable bonds is 5. The minimum absolute atomic E-state index is 0.744. The second-order valence-corrected chi connectivity index (χ2v) is 5.43. The van der Waals surface area contributed by atoms with Gasteiger partial charge in [-0.2, -0.15) is 0 Å². The first kappa shape index (κ1) is 13.6. The third-order valence-electron chi connectivity index (χ3n) is 2.81. The molecule has 0 N–H and O–H groups in total. The maximum atomic E-state index is 10.5. The van der Waals surface area contributed by atoms with Crippen LogP contribution in [0, 0.1) is 11.8 Å². The second kappa shape index (κ2) is 7.56. The third kappa shape index (κ3) is 4.73. The van der Waals surface area contributed by atoms with Crippen LogP contribution in [-0.2, 0) is 6.42 Å². The Labute approximate surface area is 118 Å². The molecular weight excluding hydrogens is 252 g/mol. The first-order chi connectivity index (χ1) is 9.38. The van der Waals surface area contributed by atoms with Gasteiger partial charge < -0.3 is 0 Å². The number of carbonyl (C=O) groups excluding carboxylic acids is 1. The molecule has 1 heterocycles. The van der Waals surface area contributed by atoms with Gasteiger partial charge in [-0.25, -0.2) is 0 Å². The van der Waals surface area contributed by atoms with Gasteiger partial charge in [-0.1, -0.05) is 42.2 Å². The van der Waals surface area contributed by atoms with Crippen LogP contribution >= 0.6 is 11.3 Å². The van der Waals surface area contributed by atoms with E-state index in [1.807, 2.05) is 18.2 Å². The highest BCUT2D eigenvalue weighted by atomic mass is 32.1. The zero-order valence-corrected chi connectivity index (χ0v) is 11.6. The molecule has 1 nitrogen and oxygen atoms in total. The summed E-state index contributed by atoms with van der Waals surface area (Å²) in [5, 5.41) is 0. The standard InChI is InChI=1S/C17H16OS/c18-14-17-13-12-16(19-17)11-7-2-1-4-8-15-9-5-3-6-10-15/h3,5-6,9-10,12-14H,1-2,4,8H2. The minimum atomic E-state index is 0.744. The molecular formula is C17H16OS. The molecule has 0 amide bonds. The summed E-state index contributed by atoms with van der Waals surface area (Å²) in [4.78, 5) is 12.3. The minimum Gasteiger partial charge on any atom is -0.297 e. The van der Waals surface area contributed by atoms with Gasteiger partial charge in [0.05, 0.1) is 9.75 Å². The highest BCUT2D eigenvalue weighted by Crippen LogP contribution is 2.13. The summed E-state index contributed by atoms with van der Waals surface area (Å²) in [6, 6.07) is 14.3. The fraction of sp³-hybridized carbons (Fsp3) is 0.235. The van der Waals surface area contributed by atoms with Crippen LogP contribution in [0.25, 0.3) is 0 Å². The molecule has 1 aromatic carbocycles. The molecule has 0 fully saturated rings. The second-order valence-electron chi connectivity index (χ2n) is 4.31. The quantitative estimate of drug-likeness (QED) is 0.448. The van der Waals surface area contributed by atoms with E-state index in [0.29, 0.717) is 0 Å². The molecule has 0 aliphatic carbocycles. The van der Waals surface area contributed by atoms with Crippen LogP contribution < -0.4 is 0 Å². The molecule has 1 aromatic heterocycles. The van der Waals surface area contributed by atoms with E-state index in [0.717, 1.165) is 35.3 Å². The zero-order valence-electron chi connectivity index (χ0n) is 10.8. The lowest BCUT2D eigenvalue weighted by atomic mass is 10.1. The summed E-state index contributed by atoms with van der Waals surface area (Å²) < 4.78 is 0. The smallest absolute Gasteiger partial charge is 0.160 e. The van der Waals surface area contributed by atoms with Crippen LogP contribution in [0.3, 0.4) is 0 Å². The molecule has 0 atom stereocenters. The van der Waals surface area contributed by atoms with E-state index in [9.17, 15) is 4.79 Å². The zero-order chi connectivity index (χ0) is 13.3. The number of hydrogen-bond acceptors (Lipinski definition) is 2. The van der Waals surface area contributed by atoms with Crippen LogP contribution in [0.1, 0.15) is 39.4 Å². The summed E-state index contributed by atoms with van der Waals surface area (Å²) in [6.07, 6.45) is 5.20. The first-order valence-corrected chi connectivity index (χ1v) is 7.28. The molecule has 19 heavy (non-hydrogen) atoms. The van der Waals surface area contributed by atoms with Crippen LogP contribution in [0.15, 0.2) is 42.5 Å². The van der Waals surface area contributed by atoms with Crippen LogP contribution in [-0.4, -0.2) is 6.29 Å². The normalized spacial score (nSPS) is 9.68. The summed E-state index contributed by atoms with van der Waals surface area (Å²) in [5.41, 5.74) is 1.39. The first-order valence-electron chi connectivity index (χ1n) is 6.46. The largest absolute Gasteiger partial charge is 0.297 e. The lowest BCUT2D eigenvalue weighted by Crippen LogP contribution is -1.84. The van der Waals surface area contributed by atoms with Gasteiger partial charge in [0, 0.05) is 6.42 Å². The fourth-order valence-corrected chi connectivity index (χ4v) is 2.52. The number of unbranched alkanes of at least 4 members (excludes halogenated alkanes) is 2. The lowest BCUT2D eigenvalue weighted by molar-refractivity contribution is 0.112. The Morgan fingerprint density at radius 3 is 2.63 bits per heavy atom. The molecule has 0 saturated carbocycles. The Kier molecular flexibility index (Phi) is 5.40. The van der Waals surface area contributed by atoms with Crippen LogP contribution in [0.5, 0.6) is 0 Å². The van der Waals surface area contributed by atoms with Crippen molar-refractivity contribution in [3.05, 3.63) is 57.8 Å². The predicted octanol–water partition coefficient (Wildman–Crippen LogP) is 4.33. The molecule has 0 saturated heterocycles. The molecule has 0 spiro atoms. The number of carbonyl (C=O) groups is 1. The lowest BCUT2D eigenvalue weighted by Gasteiger charge is -1.98. The highest BCUT2D eigenvalue weighted by Gasteiger charge is 1.94.